The molecule has 1 aromatic heterocycles. The first-order valence-electron chi connectivity index (χ1n) is 9.32. The third-order valence-corrected chi connectivity index (χ3v) is 5.93. The highest BCUT2D eigenvalue weighted by atomic mass is 35.5. The van der Waals surface area contributed by atoms with Crippen LogP contribution in [0.5, 0.6) is 0 Å². The van der Waals surface area contributed by atoms with E-state index in [0.29, 0.717) is 32.9 Å². The number of primary sulfonamides is 1. The van der Waals surface area contributed by atoms with Gasteiger partial charge in [0.25, 0.3) is 5.91 Å². The van der Waals surface area contributed by atoms with Crippen molar-refractivity contribution < 1.29 is 13.2 Å². The predicted octanol–water partition coefficient (Wildman–Crippen LogP) is 4.76. The van der Waals surface area contributed by atoms with Gasteiger partial charge in [0.05, 0.1) is 21.7 Å². The molecule has 0 aliphatic rings. The molecule has 4 aromatic rings. The van der Waals surface area contributed by atoms with Gasteiger partial charge >= 0.3 is 0 Å². The summed E-state index contributed by atoms with van der Waals surface area (Å²) in [5.41, 5.74) is 3.91. The van der Waals surface area contributed by atoms with E-state index in [1.807, 2.05) is 31.2 Å². The van der Waals surface area contributed by atoms with E-state index in [4.69, 9.17) is 16.7 Å². The molecule has 6 nitrogen and oxygen atoms in total. The maximum atomic E-state index is 13.2. The van der Waals surface area contributed by atoms with Crippen LogP contribution in [-0.2, 0) is 10.0 Å². The summed E-state index contributed by atoms with van der Waals surface area (Å²) in [6.07, 6.45) is 0. The highest BCUT2D eigenvalue weighted by Gasteiger charge is 2.16. The number of nitrogens with two attached hydrogens (primary N) is 1. The Labute approximate surface area is 184 Å². The number of hydrogen-bond donors (Lipinski definition) is 2. The smallest absolute Gasteiger partial charge is 0.256 e. The average molecular weight is 452 g/mol. The number of benzene rings is 3. The quantitative estimate of drug-likeness (QED) is 0.466. The van der Waals surface area contributed by atoms with Gasteiger partial charge in [-0.2, -0.15) is 0 Å². The zero-order chi connectivity index (χ0) is 22.2. The van der Waals surface area contributed by atoms with Gasteiger partial charge in [-0.3, -0.25) is 4.79 Å². The van der Waals surface area contributed by atoms with E-state index >= 15 is 0 Å². The number of rotatable bonds is 4. The summed E-state index contributed by atoms with van der Waals surface area (Å²) in [6, 6.07) is 20.4. The number of nitrogens with one attached hydrogen (secondary N) is 1. The zero-order valence-electron chi connectivity index (χ0n) is 16.5. The molecule has 1 heterocycles. The molecule has 0 spiro atoms. The summed E-state index contributed by atoms with van der Waals surface area (Å²) in [6.45, 7) is 1.99. The molecule has 8 heteroatoms. The van der Waals surface area contributed by atoms with Crippen molar-refractivity contribution in [2.45, 2.75) is 11.8 Å². The fraction of sp³-hybridized carbons (Fsp3) is 0.0435. The lowest BCUT2D eigenvalue weighted by molar-refractivity contribution is 0.102. The van der Waals surface area contributed by atoms with Crippen LogP contribution in [0.4, 0.5) is 5.69 Å². The van der Waals surface area contributed by atoms with Crippen molar-refractivity contribution in [1.29, 1.82) is 0 Å². The van der Waals surface area contributed by atoms with Crippen molar-refractivity contribution in [3.8, 4) is 11.3 Å². The Morgan fingerprint density at radius 3 is 2.45 bits per heavy atom. The van der Waals surface area contributed by atoms with E-state index < -0.39 is 15.9 Å². The first-order valence-corrected chi connectivity index (χ1v) is 11.2. The molecule has 3 N–H and O–H groups in total. The Bertz CT molecular complexity index is 1420. The molecular formula is C23H18ClN3O3S. The van der Waals surface area contributed by atoms with Gasteiger partial charge in [0.2, 0.25) is 10.0 Å². The van der Waals surface area contributed by atoms with E-state index in [1.54, 1.807) is 30.3 Å². The fourth-order valence-electron chi connectivity index (χ4n) is 3.21. The Balaban J connectivity index is 1.81. The lowest BCUT2D eigenvalue weighted by Crippen LogP contribution is -2.15. The lowest BCUT2D eigenvalue weighted by atomic mass is 10.0. The Morgan fingerprint density at radius 2 is 1.74 bits per heavy atom. The maximum absolute atomic E-state index is 13.2. The van der Waals surface area contributed by atoms with Crippen LogP contribution in [-0.4, -0.2) is 19.3 Å². The summed E-state index contributed by atoms with van der Waals surface area (Å²) in [4.78, 5) is 17.8. The van der Waals surface area contributed by atoms with E-state index in [1.165, 1.54) is 18.2 Å². The first-order chi connectivity index (χ1) is 14.7. The van der Waals surface area contributed by atoms with Gasteiger partial charge in [0, 0.05) is 21.7 Å². The number of halogens is 1. The molecule has 0 atom stereocenters. The van der Waals surface area contributed by atoms with Crippen molar-refractivity contribution in [3.05, 3.63) is 88.9 Å². The van der Waals surface area contributed by atoms with Gasteiger partial charge in [0.1, 0.15) is 0 Å². The Morgan fingerprint density at radius 1 is 1.00 bits per heavy atom. The van der Waals surface area contributed by atoms with Crippen LogP contribution in [0.1, 0.15) is 15.9 Å². The van der Waals surface area contributed by atoms with Crippen molar-refractivity contribution in [2.75, 3.05) is 5.32 Å². The molecule has 4 rings (SSSR count). The Kier molecular flexibility index (Phi) is 5.49. The number of hydrogen-bond acceptors (Lipinski definition) is 4. The van der Waals surface area contributed by atoms with Gasteiger partial charge in [-0.05, 0) is 49.4 Å². The highest BCUT2D eigenvalue weighted by Crippen LogP contribution is 2.28. The molecule has 0 aliphatic heterocycles. The second-order valence-corrected chi connectivity index (χ2v) is 9.11. The number of pyridine rings is 1. The topological polar surface area (TPSA) is 102 Å². The largest absolute Gasteiger partial charge is 0.322 e. The molecule has 0 bridgehead atoms. The standard InChI is InChI=1S/C23H18ClN3O3S/c1-14-5-7-15(8-6-14)22-13-20(19-11-16(24)9-10-21(19)27-22)23(28)26-17-3-2-4-18(12-17)31(25,29)30/h2-13H,1H3,(H,26,28)(H2,25,29,30). The summed E-state index contributed by atoms with van der Waals surface area (Å²) in [5, 5.41) is 8.99. The third kappa shape index (κ3) is 4.59. The van der Waals surface area contributed by atoms with Gasteiger partial charge in [-0.25, -0.2) is 18.5 Å². The maximum Gasteiger partial charge on any atom is 0.256 e. The van der Waals surface area contributed by atoms with Gasteiger partial charge < -0.3 is 5.32 Å². The molecule has 156 valence electrons. The van der Waals surface area contributed by atoms with E-state index in [0.717, 1.165) is 11.1 Å². The minimum Gasteiger partial charge on any atom is -0.322 e. The summed E-state index contributed by atoms with van der Waals surface area (Å²) >= 11 is 6.16. The number of sulfonamides is 1. The number of aryl methyl sites for hydroxylation is 1. The fourth-order valence-corrected chi connectivity index (χ4v) is 3.94. The van der Waals surface area contributed by atoms with Crippen LogP contribution in [0.2, 0.25) is 5.02 Å². The Hall–Kier alpha value is -3.26. The molecule has 0 fully saturated rings. The number of amides is 1. The molecule has 0 radical (unpaired) electrons. The highest BCUT2D eigenvalue weighted by molar-refractivity contribution is 7.89. The van der Waals surface area contributed by atoms with Crippen LogP contribution >= 0.6 is 11.6 Å². The van der Waals surface area contributed by atoms with Crippen molar-refractivity contribution in [3.63, 3.8) is 0 Å². The van der Waals surface area contributed by atoms with E-state index in [2.05, 4.69) is 10.3 Å². The number of carbonyl (C=O) groups excluding carboxylic acids is 1. The average Bonchev–Trinajstić information content (AvgIpc) is 2.73. The second kappa shape index (κ2) is 8.11. The molecule has 0 aliphatic carbocycles. The third-order valence-electron chi connectivity index (χ3n) is 4.78. The van der Waals surface area contributed by atoms with E-state index in [-0.39, 0.29) is 4.90 Å². The summed E-state index contributed by atoms with van der Waals surface area (Å²) < 4.78 is 23.2. The van der Waals surface area contributed by atoms with Crippen LogP contribution < -0.4 is 10.5 Å². The van der Waals surface area contributed by atoms with Gasteiger partial charge in [-0.1, -0.05) is 47.5 Å². The second-order valence-electron chi connectivity index (χ2n) is 7.11. The summed E-state index contributed by atoms with van der Waals surface area (Å²) in [7, 11) is -3.89. The van der Waals surface area contributed by atoms with Crippen LogP contribution in [0.3, 0.4) is 0 Å². The summed E-state index contributed by atoms with van der Waals surface area (Å²) in [5.74, 6) is -0.422. The number of anilines is 1. The molecule has 0 saturated heterocycles. The monoisotopic (exact) mass is 451 g/mol. The number of fused-ring (bicyclic) bond motifs is 1. The van der Waals surface area contributed by atoms with Crippen LogP contribution in [0.25, 0.3) is 22.2 Å². The number of aromatic nitrogens is 1. The van der Waals surface area contributed by atoms with Crippen molar-refractivity contribution in [1.82, 2.24) is 4.98 Å². The molecule has 0 unspecified atom stereocenters. The van der Waals surface area contributed by atoms with Gasteiger partial charge in [-0.15, -0.1) is 0 Å². The minimum atomic E-state index is -3.89. The lowest BCUT2D eigenvalue weighted by Gasteiger charge is -2.12. The van der Waals surface area contributed by atoms with E-state index in [9.17, 15) is 13.2 Å². The van der Waals surface area contributed by atoms with Crippen LogP contribution in [0, 0.1) is 6.92 Å². The molecule has 3 aromatic carbocycles. The number of carbonyl (C=O) groups is 1. The predicted molar refractivity (Wildman–Crippen MR) is 123 cm³/mol. The minimum absolute atomic E-state index is 0.0896. The SMILES string of the molecule is Cc1ccc(-c2cc(C(=O)Nc3cccc(S(N)(=O)=O)c3)c3cc(Cl)ccc3n2)cc1. The normalized spacial score (nSPS) is 11.5. The zero-order valence-corrected chi connectivity index (χ0v) is 18.0. The molecular weight excluding hydrogens is 434 g/mol. The van der Waals surface area contributed by atoms with Crippen LogP contribution in [0.15, 0.2) is 77.7 Å². The van der Waals surface area contributed by atoms with Gasteiger partial charge in [0.15, 0.2) is 0 Å². The molecule has 31 heavy (non-hydrogen) atoms. The first kappa shape index (κ1) is 21.0. The molecule has 1 amide bonds. The molecule has 0 saturated carbocycles. The number of nitrogens with zero attached hydrogens (tertiary/aromatic N) is 1. The van der Waals surface area contributed by atoms with Crippen molar-refractivity contribution >= 4 is 44.1 Å². The van der Waals surface area contributed by atoms with Crippen molar-refractivity contribution in [2.24, 2.45) is 5.14 Å².